The van der Waals surface area contributed by atoms with E-state index in [1.165, 1.54) is 0 Å². The monoisotopic (exact) mass is 430 g/mol. The Morgan fingerprint density at radius 1 is 1.31 bits per heavy atom. The summed E-state index contributed by atoms with van der Waals surface area (Å²) in [4.78, 5) is 13.8. The molecule has 2 atom stereocenters. The van der Waals surface area contributed by atoms with E-state index in [1.54, 1.807) is 18.6 Å². The van der Waals surface area contributed by atoms with Crippen molar-refractivity contribution in [2.24, 2.45) is 0 Å². The van der Waals surface area contributed by atoms with E-state index in [9.17, 15) is 21.6 Å². The summed E-state index contributed by atoms with van der Waals surface area (Å²) in [6, 6.07) is 1.45. The first-order chi connectivity index (χ1) is 13.7. The van der Waals surface area contributed by atoms with Gasteiger partial charge in [-0.25, -0.2) is 23.1 Å². The maximum absolute atomic E-state index is 12.4. The molecule has 1 aliphatic heterocycles. The molecule has 1 saturated heterocycles. The van der Waals surface area contributed by atoms with E-state index in [-0.39, 0.29) is 6.04 Å². The molecule has 2 N–H and O–H groups in total. The van der Waals surface area contributed by atoms with Gasteiger partial charge in [0.15, 0.2) is 11.3 Å². The third kappa shape index (κ3) is 4.04. The molecule has 0 radical (unpaired) electrons. The lowest BCUT2D eigenvalue weighted by atomic mass is 10.1. The van der Waals surface area contributed by atoms with Crippen LogP contribution in [0.15, 0.2) is 24.7 Å². The van der Waals surface area contributed by atoms with Crippen LogP contribution >= 0.6 is 0 Å². The van der Waals surface area contributed by atoms with Crippen molar-refractivity contribution in [3.63, 3.8) is 0 Å². The molecule has 8 nitrogen and oxygen atoms in total. The summed E-state index contributed by atoms with van der Waals surface area (Å²) >= 11 is 0. The number of aromatic amines is 1. The van der Waals surface area contributed by atoms with E-state index in [2.05, 4.69) is 24.6 Å². The molecular weight excluding hydrogens is 409 g/mol. The largest absolute Gasteiger partial charge is 0.390 e. The van der Waals surface area contributed by atoms with Crippen molar-refractivity contribution >= 4 is 32.7 Å². The first-order valence-electron chi connectivity index (χ1n) is 9.30. The van der Waals surface area contributed by atoms with Crippen LogP contribution < -0.4 is 9.62 Å². The zero-order valence-corrected chi connectivity index (χ0v) is 16.5. The van der Waals surface area contributed by atoms with Crippen LogP contribution in [0.1, 0.15) is 26.2 Å². The van der Waals surface area contributed by atoms with Crippen LogP contribution in [0.2, 0.25) is 0 Å². The van der Waals surface area contributed by atoms with E-state index >= 15 is 0 Å². The fraction of sp³-hybridized carbons (Fsp3) is 0.529. The highest BCUT2D eigenvalue weighted by molar-refractivity contribution is 7.89. The van der Waals surface area contributed by atoms with Crippen LogP contribution in [-0.4, -0.2) is 58.3 Å². The predicted octanol–water partition coefficient (Wildman–Crippen LogP) is 2.44. The zero-order chi connectivity index (χ0) is 20.8. The average molecular weight is 430 g/mol. The number of halogens is 3. The number of H-pyrrole nitrogens is 1. The van der Waals surface area contributed by atoms with Gasteiger partial charge in [-0.3, -0.25) is 4.40 Å². The van der Waals surface area contributed by atoms with Crippen LogP contribution in [0.4, 0.5) is 19.0 Å². The highest BCUT2D eigenvalue weighted by Crippen LogP contribution is 2.30. The molecule has 158 valence electrons. The molecular formula is C17H21F3N6O2S. The van der Waals surface area contributed by atoms with Crippen LogP contribution in [0.25, 0.3) is 16.8 Å². The van der Waals surface area contributed by atoms with E-state index < -0.39 is 34.4 Å². The molecule has 0 amide bonds. The smallest absolute Gasteiger partial charge is 0.352 e. The highest BCUT2D eigenvalue weighted by Gasteiger charge is 2.36. The summed E-state index contributed by atoms with van der Waals surface area (Å²) < 4.78 is 65.8. The van der Waals surface area contributed by atoms with Gasteiger partial charge < -0.3 is 9.88 Å². The van der Waals surface area contributed by atoms with Gasteiger partial charge in [-0.15, -0.1) is 0 Å². The van der Waals surface area contributed by atoms with Crippen molar-refractivity contribution in [1.82, 2.24) is 24.1 Å². The Morgan fingerprint density at radius 3 is 2.83 bits per heavy atom. The number of sulfonamides is 1. The van der Waals surface area contributed by atoms with Gasteiger partial charge in [0.05, 0.1) is 30.1 Å². The molecule has 29 heavy (non-hydrogen) atoms. The van der Waals surface area contributed by atoms with Gasteiger partial charge in [-0.1, -0.05) is 6.92 Å². The maximum Gasteiger partial charge on any atom is 0.390 e. The van der Waals surface area contributed by atoms with Gasteiger partial charge in [0, 0.05) is 24.8 Å². The number of fused-ring (bicyclic) bond motifs is 3. The summed E-state index contributed by atoms with van der Waals surface area (Å²) in [7, 11) is -4.02. The highest BCUT2D eigenvalue weighted by atomic mass is 32.2. The number of rotatable bonds is 6. The Hall–Kier alpha value is -2.34. The molecule has 12 heteroatoms. The first kappa shape index (κ1) is 20.0. The third-order valence-corrected chi connectivity index (χ3v) is 6.64. The van der Waals surface area contributed by atoms with Crippen LogP contribution in [-0.2, 0) is 10.0 Å². The molecule has 0 aliphatic carbocycles. The second kappa shape index (κ2) is 7.17. The second-order valence-corrected chi connectivity index (χ2v) is 9.10. The number of anilines is 1. The molecule has 4 rings (SSSR count). The van der Waals surface area contributed by atoms with Crippen molar-refractivity contribution in [2.75, 3.05) is 17.2 Å². The van der Waals surface area contributed by atoms with Crippen molar-refractivity contribution < 1.29 is 21.6 Å². The lowest BCUT2D eigenvalue weighted by molar-refractivity contribution is -0.130. The minimum atomic E-state index is -4.51. The molecule has 3 aromatic rings. The van der Waals surface area contributed by atoms with E-state index in [4.69, 9.17) is 0 Å². The molecule has 0 saturated carbocycles. The zero-order valence-electron chi connectivity index (χ0n) is 15.6. The van der Waals surface area contributed by atoms with Crippen LogP contribution in [0.3, 0.4) is 0 Å². The van der Waals surface area contributed by atoms with E-state index in [0.717, 1.165) is 17.8 Å². The van der Waals surface area contributed by atoms with Gasteiger partial charge >= 0.3 is 6.18 Å². The van der Waals surface area contributed by atoms with Gasteiger partial charge in [0.25, 0.3) is 0 Å². The summed E-state index contributed by atoms with van der Waals surface area (Å²) in [5.74, 6) is -0.162. The standard InChI is InChI=1S/C17H21F3N6O2S/c1-2-12-7-11(24-29(27,28)6-4-17(18,19)20)10-25(12)15-9-22-14-8-23-16-13(26(14)15)3-5-21-16/h3,5,8-9,11-12,21,24H,2,4,6-7,10H2,1H3/t11-,12+/m0/s1. The lowest BCUT2D eigenvalue weighted by Gasteiger charge is -2.25. The quantitative estimate of drug-likeness (QED) is 0.626. The Bertz CT molecular complexity index is 1120. The number of hydrogen-bond acceptors (Lipinski definition) is 5. The molecule has 0 aromatic carbocycles. The Labute approximate surface area is 165 Å². The third-order valence-electron chi connectivity index (χ3n) is 5.20. The fourth-order valence-electron chi connectivity index (χ4n) is 3.89. The Kier molecular flexibility index (Phi) is 4.93. The van der Waals surface area contributed by atoms with Gasteiger partial charge in [-0.2, -0.15) is 13.2 Å². The SMILES string of the molecule is CC[C@@H]1C[C@H](NS(=O)(=O)CCC(F)(F)F)CN1c1cnc2cnc3[nH]ccc3n12. The molecule has 0 spiro atoms. The van der Waals surface area contributed by atoms with Gasteiger partial charge in [0.2, 0.25) is 10.0 Å². The van der Waals surface area contributed by atoms with E-state index in [1.807, 2.05) is 17.4 Å². The summed E-state index contributed by atoms with van der Waals surface area (Å²) in [6.07, 6.45) is 0.547. The number of imidazole rings is 1. The normalized spacial score (nSPS) is 20.9. The topological polar surface area (TPSA) is 95.4 Å². The van der Waals surface area contributed by atoms with Crippen molar-refractivity contribution in [1.29, 1.82) is 0 Å². The average Bonchev–Trinajstić information content (AvgIpc) is 3.35. The summed E-state index contributed by atoms with van der Waals surface area (Å²) in [5, 5.41) is 0. The maximum atomic E-state index is 12.4. The van der Waals surface area contributed by atoms with Gasteiger partial charge in [-0.05, 0) is 18.9 Å². The van der Waals surface area contributed by atoms with E-state index in [0.29, 0.717) is 24.3 Å². The van der Waals surface area contributed by atoms with Crippen LogP contribution in [0.5, 0.6) is 0 Å². The number of hydrogen-bond donors (Lipinski definition) is 2. The van der Waals surface area contributed by atoms with Crippen molar-refractivity contribution in [3.8, 4) is 0 Å². The number of nitrogens with zero attached hydrogens (tertiary/aromatic N) is 4. The number of alkyl halides is 3. The summed E-state index contributed by atoms with van der Waals surface area (Å²) in [5.41, 5.74) is 2.21. The fourth-order valence-corrected chi connectivity index (χ4v) is 5.19. The van der Waals surface area contributed by atoms with Crippen LogP contribution in [0, 0.1) is 0 Å². The molecule has 0 unspecified atom stereocenters. The minimum Gasteiger partial charge on any atom is -0.352 e. The molecule has 1 aliphatic rings. The molecule has 4 heterocycles. The summed E-state index contributed by atoms with van der Waals surface area (Å²) in [6.45, 7) is 2.35. The minimum absolute atomic E-state index is 0.0346. The lowest BCUT2D eigenvalue weighted by Crippen LogP contribution is -2.39. The Balaban J connectivity index is 1.58. The van der Waals surface area contributed by atoms with Crippen molar-refractivity contribution in [2.45, 2.75) is 44.4 Å². The molecule has 0 bridgehead atoms. The number of aromatic nitrogens is 4. The predicted molar refractivity (Wildman–Crippen MR) is 102 cm³/mol. The number of nitrogens with one attached hydrogen (secondary N) is 2. The Morgan fingerprint density at radius 2 is 2.10 bits per heavy atom. The van der Waals surface area contributed by atoms with Crippen molar-refractivity contribution in [3.05, 3.63) is 24.7 Å². The first-order valence-corrected chi connectivity index (χ1v) is 10.9. The van der Waals surface area contributed by atoms with Gasteiger partial charge in [0.1, 0.15) is 5.82 Å². The molecule has 3 aromatic heterocycles. The second-order valence-electron chi connectivity index (χ2n) is 7.23. The molecule has 1 fully saturated rings.